The third kappa shape index (κ3) is 2.39. The highest BCUT2D eigenvalue weighted by Crippen LogP contribution is 2.27. The van der Waals surface area contributed by atoms with Gasteiger partial charge in [0.15, 0.2) is 0 Å². The van der Waals surface area contributed by atoms with Crippen molar-refractivity contribution >= 4 is 5.69 Å². The number of anilines is 1. The van der Waals surface area contributed by atoms with Crippen LogP contribution in [0.15, 0.2) is 18.2 Å². The molecule has 0 saturated carbocycles. The monoisotopic (exact) mass is 232 g/mol. The van der Waals surface area contributed by atoms with Crippen molar-refractivity contribution in [3.8, 4) is 5.75 Å². The van der Waals surface area contributed by atoms with E-state index < -0.39 is 0 Å². The summed E-state index contributed by atoms with van der Waals surface area (Å²) in [6, 6.07) is 6.46. The number of aryl methyl sites for hydroxylation is 1. The number of fused-ring (bicyclic) bond motifs is 1. The maximum Gasteiger partial charge on any atom is 0.120 e. The zero-order valence-electron chi connectivity index (χ0n) is 10.4. The molecule has 0 radical (unpaired) electrons. The summed E-state index contributed by atoms with van der Waals surface area (Å²) in [7, 11) is 2.15. The standard InChI is InChI=1S/C14H20N2O/c1-16-8-6-13(10-16)17-12-4-5-14-11(9-12)3-2-7-15-14/h4-5,9,13,15H,2-3,6-8,10H2,1H3. The number of benzene rings is 1. The van der Waals surface area contributed by atoms with Crippen molar-refractivity contribution in [3.05, 3.63) is 23.8 Å². The van der Waals surface area contributed by atoms with Gasteiger partial charge in [-0.05, 0) is 50.1 Å². The van der Waals surface area contributed by atoms with Crippen LogP contribution in [-0.4, -0.2) is 37.7 Å². The van der Waals surface area contributed by atoms with Gasteiger partial charge in [0.05, 0.1) is 0 Å². The summed E-state index contributed by atoms with van der Waals surface area (Å²) < 4.78 is 6.04. The van der Waals surface area contributed by atoms with E-state index >= 15 is 0 Å². The predicted molar refractivity (Wildman–Crippen MR) is 69.8 cm³/mol. The maximum absolute atomic E-state index is 6.04. The third-order valence-electron chi connectivity index (χ3n) is 3.67. The number of nitrogens with one attached hydrogen (secondary N) is 1. The molecule has 0 amide bonds. The Morgan fingerprint density at radius 2 is 2.35 bits per heavy atom. The average molecular weight is 232 g/mol. The first-order valence-electron chi connectivity index (χ1n) is 6.53. The second-order valence-electron chi connectivity index (χ2n) is 5.14. The van der Waals surface area contributed by atoms with Gasteiger partial charge >= 0.3 is 0 Å². The highest BCUT2D eigenvalue weighted by atomic mass is 16.5. The molecule has 0 bridgehead atoms. The molecule has 1 unspecified atom stereocenters. The molecule has 2 aliphatic rings. The highest BCUT2D eigenvalue weighted by Gasteiger charge is 2.21. The highest BCUT2D eigenvalue weighted by molar-refractivity contribution is 5.55. The molecule has 2 heterocycles. The summed E-state index contributed by atoms with van der Waals surface area (Å²) in [5, 5.41) is 3.43. The lowest BCUT2D eigenvalue weighted by molar-refractivity contribution is 0.208. The molecule has 1 atom stereocenters. The van der Waals surface area contributed by atoms with E-state index in [2.05, 4.69) is 35.5 Å². The van der Waals surface area contributed by atoms with Crippen molar-refractivity contribution in [1.29, 1.82) is 0 Å². The summed E-state index contributed by atoms with van der Waals surface area (Å²) in [4.78, 5) is 2.32. The van der Waals surface area contributed by atoms with Crippen molar-refractivity contribution in [2.24, 2.45) is 0 Å². The summed E-state index contributed by atoms with van der Waals surface area (Å²) in [5.74, 6) is 1.03. The first-order valence-corrected chi connectivity index (χ1v) is 6.53. The van der Waals surface area contributed by atoms with Gasteiger partial charge in [-0.15, -0.1) is 0 Å². The molecule has 0 aliphatic carbocycles. The van der Waals surface area contributed by atoms with E-state index in [1.165, 1.54) is 24.1 Å². The van der Waals surface area contributed by atoms with E-state index in [9.17, 15) is 0 Å². The van der Waals surface area contributed by atoms with Crippen LogP contribution in [0, 0.1) is 0 Å². The SMILES string of the molecule is CN1CCC(Oc2ccc3c(c2)CCCN3)C1. The van der Waals surface area contributed by atoms with E-state index in [1.807, 2.05) is 0 Å². The molecule has 92 valence electrons. The van der Waals surface area contributed by atoms with E-state index in [4.69, 9.17) is 4.74 Å². The second-order valence-corrected chi connectivity index (χ2v) is 5.14. The van der Waals surface area contributed by atoms with Gasteiger partial charge in [0.2, 0.25) is 0 Å². The van der Waals surface area contributed by atoms with Gasteiger partial charge in [0.25, 0.3) is 0 Å². The largest absolute Gasteiger partial charge is 0.489 e. The topological polar surface area (TPSA) is 24.5 Å². The van der Waals surface area contributed by atoms with Crippen molar-refractivity contribution in [1.82, 2.24) is 4.90 Å². The number of rotatable bonds is 2. The molecule has 2 aliphatic heterocycles. The first kappa shape index (κ1) is 10.9. The van der Waals surface area contributed by atoms with Gasteiger partial charge in [-0.2, -0.15) is 0 Å². The minimum Gasteiger partial charge on any atom is -0.489 e. The van der Waals surface area contributed by atoms with Crippen LogP contribution < -0.4 is 10.1 Å². The molecule has 3 rings (SSSR count). The quantitative estimate of drug-likeness (QED) is 0.845. The smallest absolute Gasteiger partial charge is 0.120 e. The van der Waals surface area contributed by atoms with Crippen molar-refractivity contribution in [2.75, 3.05) is 32.0 Å². The number of nitrogens with zero attached hydrogens (tertiary/aromatic N) is 1. The van der Waals surface area contributed by atoms with Gasteiger partial charge in [-0.25, -0.2) is 0 Å². The van der Waals surface area contributed by atoms with Crippen molar-refractivity contribution in [3.63, 3.8) is 0 Å². The first-order chi connectivity index (χ1) is 8.31. The van der Waals surface area contributed by atoms with Gasteiger partial charge in [0.1, 0.15) is 11.9 Å². The van der Waals surface area contributed by atoms with Crippen molar-refractivity contribution < 1.29 is 4.74 Å². The number of hydrogen-bond acceptors (Lipinski definition) is 3. The van der Waals surface area contributed by atoms with Crippen LogP contribution in [0.2, 0.25) is 0 Å². The second kappa shape index (κ2) is 4.57. The van der Waals surface area contributed by atoms with Crippen LogP contribution in [0.5, 0.6) is 5.75 Å². The molecule has 0 aromatic heterocycles. The lowest BCUT2D eigenvalue weighted by atomic mass is 10.0. The van der Waals surface area contributed by atoms with E-state index in [0.717, 1.165) is 31.8 Å². The van der Waals surface area contributed by atoms with Gasteiger partial charge < -0.3 is 15.0 Å². The predicted octanol–water partition coefficient (Wildman–Crippen LogP) is 2.13. The van der Waals surface area contributed by atoms with Crippen LogP contribution in [0.25, 0.3) is 0 Å². The number of likely N-dealkylation sites (N-methyl/N-ethyl adjacent to an activating group) is 1. The zero-order chi connectivity index (χ0) is 11.7. The zero-order valence-corrected chi connectivity index (χ0v) is 10.4. The van der Waals surface area contributed by atoms with E-state index in [-0.39, 0.29) is 0 Å². The van der Waals surface area contributed by atoms with Crippen LogP contribution in [0.3, 0.4) is 0 Å². The molecule has 3 heteroatoms. The fourth-order valence-electron chi connectivity index (χ4n) is 2.71. The Kier molecular flexibility index (Phi) is 2.93. The van der Waals surface area contributed by atoms with Gasteiger partial charge in [0, 0.05) is 25.3 Å². The Balaban J connectivity index is 1.71. The Bertz CT molecular complexity index is 405. The molecule has 3 nitrogen and oxygen atoms in total. The van der Waals surface area contributed by atoms with Crippen LogP contribution in [0.1, 0.15) is 18.4 Å². The molecule has 0 spiro atoms. The van der Waals surface area contributed by atoms with Crippen LogP contribution in [0.4, 0.5) is 5.69 Å². The Hall–Kier alpha value is -1.22. The molecule has 1 fully saturated rings. The third-order valence-corrected chi connectivity index (χ3v) is 3.67. The summed E-state index contributed by atoms with van der Waals surface area (Å²) in [6.45, 7) is 3.30. The van der Waals surface area contributed by atoms with E-state index in [1.54, 1.807) is 0 Å². The van der Waals surface area contributed by atoms with Crippen LogP contribution in [-0.2, 0) is 6.42 Å². The maximum atomic E-state index is 6.04. The Labute approximate surface area is 103 Å². The fourth-order valence-corrected chi connectivity index (χ4v) is 2.71. The number of ether oxygens (including phenoxy) is 1. The molecule has 1 aromatic rings. The van der Waals surface area contributed by atoms with Crippen LogP contribution >= 0.6 is 0 Å². The Morgan fingerprint density at radius 3 is 3.18 bits per heavy atom. The van der Waals surface area contributed by atoms with Gasteiger partial charge in [-0.3, -0.25) is 0 Å². The lowest BCUT2D eigenvalue weighted by Gasteiger charge is -2.20. The number of hydrogen-bond donors (Lipinski definition) is 1. The Morgan fingerprint density at radius 1 is 1.41 bits per heavy atom. The summed E-state index contributed by atoms with van der Waals surface area (Å²) in [5.41, 5.74) is 2.69. The van der Waals surface area contributed by atoms with Gasteiger partial charge in [-0.1, -0.05) is 0 Å². The average Bonchev–Trinajstić information content (AvgIpc) is 2.75. The minimum atomic E-state index is 0.370. The number of likely N-dealkylation sites (tertiary alicyclic amines) is 1. The van der Waals surface area contributed by atoms with E-state index in [0.29, 0.717) is 6.10 Å². The fraction of sp³-hybridized carbons (Fsp3) is 0.571. The molecule has 1 N–H and O–H groups in total. The molecular formula is C14H20N2O. The summed E-state index contributed by atoms with van der Waals surface area (Å²) >= 11 is 0. The molecule has 1 saturated heterocycles. The normalized spacial score (nSPS) is 24.2. The summed E-state index contributed by atoms with van der Waals surface area (Å²) in [6.07, 6.45) is 3.91. The molecule has 17 heavy (non-hydrogen) atoms. The molecule has 1 aromatic carbocycles. The lowest BCUT2D eigenvalue weighted by Crippen LogP contribution is -2.21. The minimum absolute atomic E-state index is 0.370. The van der Waals surface area contributed by atoms with Crippen molar-refractivity contribution in [2.45, 2.75) is 25.4 Å². The molecular weight excluding hydrogens is 212 g/mol.